The highest BCUT2D eigenvalue weighted by Gasteiger charge is 2.13. The number of dihydropyridines is 1. The quantitative estimate of drug-likeness (QED) is 0.458. The Bertz CT molecular complexity index is 365. The number of nitrogens with zero attached hydrogens (tertiary/aromatic N) is 3. The standard InChI is InChI=1S/C9H7N3O/c10-4-8(9(13)5-11)7-2-1-3-12-6-7/h1-3,9,13H,6H2. The topological polar surface area (TPSA) is 80.2 Å². The molecule has 0 radical (unpaired) electrons. The SMILES string of the molecule is N#CC(=C1C=CC=NC1)C(O)C#N. The van der Waals surface area contributed by atoms with Crippen LogP contribution in [0.25, 0.3) is 0 Å². The minimum Gasteiger partial charge on any atom is -0.373 e. The molecule has 4 nitrogen and oxygen atoms in total. The summed E-state index contributed by atoms with van der Waals surface area (Å²) in [6.07, 6.45) is 3.60. The Kier molecular flexibility index (Phi) is 2.97. The van der Waals surface area contributed by atoms with Gasteiger partial charge in [0, 0.05) is 6.21 Å². The van der Waals surface area contributed by atoms with Gasteiger partial charge in [0.25, 0.3) is 0 Å². The van der Waals surface area contributed by atoms with Gasteiger partial charge in [0.15, 0.2) is 6.10 Å². The zero-order chi connectivity index (χ0) is 9.68. The Morgan fingerprint density at radius 1 is 1.62 bits per heavy atom. The van der Waals surface area contributed by atoms with Crippen LogP contribution in [0.15, 0.2) is 28.3 Å². The Morgan fingerprint density at radius 3 is 2.85 bits per heavy atom. The maximum atomic E-state index is 9.14. The van der Waals surface area contributed by atoms with Gasteiger partial charge in [-0.3, -0.25) is 4.99 Å². The fraction of sp³-hybridized carbons (Fsp3) is 0.222. The number of aliphatic imine (C=N–C) groups is 1. The van der Waals surface area contributed by atoms with Gasteiger partial charge in [0.05, 0.1) is 24.3 Å². The van der Waals surface area contributed by atoms with E-state index in [2.05, 4.69) is 4.99 Å². The van der Waals surface area contributed by atoms with Crippen molar-refractivity contribution < 1.29 is 5.11 Å². The monoisotopic (exact) mass is 173 g/mol. The molecule has 0 aliphatic carbocycles. The smallest absolute Gasteiger partial charge is 0.176 e. The first-order chi connectivity index (χ1) is 6.29. The molecule has 0 aromatic heterocycles. The van der Waals surface area contributed by atoms with Crippen molar-refractivity contribution in [3.8, 4) is 12.1 Å². The van der Waals surface area contributed by atoms with Crippen LogP contribution in [-0.4, -0.2) is 24.0 Å². The van der Waals surface area contributed by atoms with E-state index in [0.29, 0.717) is 12.1 Å². The molecule has 1 atom stereocenters. The van der Waals surface area contributed by atoms with Crippen LogP contribution >= 0.6 is 0 Å². The molecule has 1 rings (SSSR count). The van der Waals surface area contributed by atoms with E-state index >= 15 is 0 Å². The first-order valence-corrected chi connectivity index (χ1v) is 3.67. The van der Waals surface area contributed by atoms with Crippen LogP contribution in [0, 0.1) is 22.7 Å². The summed E-state index contributed by atoms with van der Waals surface area (Å²) >= 11 is 0. The zero-order valence-electron chi connectivity index (χ0n) is 6.81. The van der Waals surface area contributed by atoms with Gasteiger partial charge in [-0.15, -0.1) is 0 Å². The van der Waals surface area contributed by atoms with Crippen molar-refractivity contribution in [2.24, 2.45) is 4.99 Å². The molecule has 0 bridgehead atoms. The van der Waals surface area contributed by atoms with Gasteiger partial charge in [-0.1, -0.05) is 6.08 Å². The maximum absolute atomic E-state index is 9.14. The average molecular weight is 173 g/mol. The van der Waals surface area contributed by atoms with Crippen molar-refractivity contribution in [1.29, 1.82) is 10.5 Å². The van der Waals surface area contributed by atoms with Crippen LogP contribution < -0.4 is 0 Å². The largest absolute Gasteiger partial charge is 0.373 e. The Balaban J connectivity index is 3.01. The summed E-state index contributed by atoms with van der Waals surface area (Å²) in [7, 11) is 0. The van der Waals surface area contributed by atoms with Gasteiger partial charge in [-0.05, 0) is 11.6 Å². The van der Waals surface area contributed by atoms with E-state index in [0.717, 1.165) is 0 Å². The van der Waals surface area contributed by atoms with E-state index in [4.69, 9.17) is 15.6 Å². The number of nitriles is 2. The third kappa shape index (κ3) is 2.02. The van der Waals surface area contributed by atoms with Crippen LogP contribution in [0.1, 0.15) is 0 Å². The molecule has 0 aromatic rings. The third-order valence-electron chi connectivity index (χ3n) is 1.61. The van der Waals surface area contributed by atoms with Crippen LogP contribution in [0.4, 0.5) is 0 Å². The van der Waals surface area contributed by atoms with E-state index in [1.54, 1.807) is 30.5 Å². The van der Waals surface area contributed by atoms with Crippen molar-refractivity contribution in [2.45, 2.75) is 6.10 Å². The number of aliphatic hydroxyl groups is 1. The van der Waals surface area contributed by atoms with Gasteiger partial charge in [0.2, 0.25) is 0 Å². The summed E-state index contributed by atoms with van der Waals surface area (Å²) < 4.78 is 0. The van der Waals surface area contributed by atoms with Gasteiger partial charge in [-0.2, -0.15) is 10.5 Å². The van der Waals surface area contributed by atoms with Crippen molar-refractivity contribution in [3.63, 3.8) is 0 Å². The lowest BCUT2D eigenvalue weighted by atomic mass is 10.0. The molecule has 0 spiro atoms. The van der Waals surface area contributed by atoms with Crippen LogP contribution in [-0.2, 0) is 0 Å². The molecule has 1 unspecified atom stereocenters. The van der Waals surface area contributed by atoms with Crippen molar-refractivity contribution in [3.05, 3.63) is 23.3 Å². The lowest BCUT2D eigenvalue weighted by Gasteiger charge is -2.06. The molecule has 13 heavy (non-hydrogen) atoms. The molecule has 64 valence electrons. The predicted octanol–water partition coefficient (Wildman–Crippen LogP) is 0.332. The summed E-state index contributed by atoms with van der Waals surface area (Å²) in [5.74, 6) is 0. The highest BCUT2D eigenvalue weighted by atomic mass is 16.3. The summed E-state index contributed by atoms with van der Waals surface area (Å²) in [4.78, 5) is 3.90. The summed E-state index contributed by atoms with van der Waals surface area (Å²) in [6, 6.07) is 3.41. The fourth-order valence-corrected chi connectivity index (χ4v) is 0.972. The second-order valence-electron chi connectivity index (χ2n) is 2.43. The highest BCUT2D eigenvalue weighted by molar-refractivity contribution is 5.74. The molecular weight excluding hydrogens is 166 g/mol. The molecule has 0 saturated heterocycles. The van der Waals surface area contributed by atoms with Crippen LogP contribution in [0.5, 0.6) is 0 Å². The molecule has 0 fully saturated rings. The molecule has 0 saturated carbocycles. The van der Waals surface area contributed by atoms with Gasteiger partial charge >= 0.3 is 0 Å². The molecule has 0 amide bonds. The van der Waals surface area contributed by atoms with Crippen molar-refractivity contribution in [2.75, 3.05) is 6.54 Å². The van der Waals surface area contributed by atoms with E-state index in [1.807, 2.05) is 0 Å². The predicted molar refractivity (Wildman–Crippen MR) is 46.8 cm³/mol. The van der Waals surface area contributed by atoms with Crippen LogP contribution in [0.2, 0.25) is 0 Å². The van der Waals surface area contributed by atoms with E-state index < -0.39 is 6.10 Å². The second-order valence-corrected chi connectivity index (χ2v) is 2.43. The maximum Gasteiger partial charge on any atom is 0.176 e. The molecule has 4 heteroatoms. The van der Waals surface area contributed by atoms with Gasteiger partial charge in [-0.25, -0.2) is 0 Å². The number of allylic oxidation sites excluding steroid dienone is 1. The molecule has 1 N–H and O–H groups in total. The fourth-order valence-electron chi connectivity index (χ4n) is 0.972. The minimum absolute atomic E-state index is 0.0793. The number of rotatable bonds is 1. The zero-order valence-corrected chi connectivity index (χ0v) is 6.81. The minimum atomic E-state index is -1.35. The molecule has 0 aromatic carbocycles. The molecule has 1 heterocycles. The Morgan fingerprint density at radius 2 is 2.38 bits per heavy atom. The lowest BCUT2D eigenvalue weighted by Crippen LogP contribution is -2.10. The summed E-state index contributed by atoms with van der Waals surface area (Å²) in [5, 5.41) is 26.2. The Hall–Kier alpha value is -1.91. The first kappa shape index (κ1) is 9.18. The van der Waals surface area contributed by atoms with Crippen molar-refractivity contribution >= 4 is 6.21 Å². The van der Waals surface area contributed by atoms with Gasteiger partial charge < -0.3 is 5.11 Å². The lowest BCUT2D eigenvalue weighted by molar-refractivity contribution is 0.269. The number of hydrogen-bond acceptors (Lipinski definition) is 4. The summed E-state index contributed by atoms with van der Waals surface area (Å²) in [5.41, 5.74) is 0.676. The van der Waals surface area contributed by atoms with Gasteiger partial charge in [0.1, 0.15) is 0 Å². The molecule has 1 aliphatic heterocycles. The van der Waals surface area contributed by atoms with Crippen molar-refractivity contribution in [1.82, 2.24) is 0 Å². The molecular formula is C9H7N3O. The number of hydrogen-bond donors (Lipinski definition) is 1. The van der Waals surface area contributed by atoms with E-state index in [1.165, 1.54) is 0 Å². The van der Waals surface area contributed by atoms with Crippen LogP contribution in [0.3, 0.4) is 0 Å². The Labute approximate surface area is 75.7 Å². The second kappa shape index (κ2) is 4.20. The molecule has 1 aliphatic rings. The summed E-state index contributed by atoms with van der Waals surface area (Å²) in [6.45, 7) is 0.345. The van der Waals surface area contributed by atoms with E-state index in [-0.39, 0.29) is 5.57 Å². The number of aliphatic hydroxyl groups excluding tert-OH is 1. The highest BCUT2D eigenvalue weighted by Crippen LogP contribution is 2.12. The third-order valence-corrected chi connectivity index (χ3v) is 1.61. The first-order valence-electron chi connectivity index (χ1n) is 3.67. The average Bonchev–Trinajstić information content (AvgIpc) is 2.20. The normalized spacial score (nSPS) is 20.2. The van der Waals surface area contributed by atoms with E-state index in [9.17, 15) is 0 Å².